The molecule has 1 amide bonds. The second kappa shape index (κ2) is 7.40. The first-order valence-corrected chi connectivity index (χ1v) is 9.07. The Morgan fingerprint density at radius 3 is 2.64 bits per heavy atom. The standard InChI is InChI=1S/C19H29N3O3/c1-13(12-24-2)22-10-15-5-4-6-16(11-22)19(15,25-3)14-7-8-21-17(9-14)18(20)23/h7-9,13,15-16H,4-6,10-12H2,1-3H3,(H2,20,23)/t13-,15-,16+,19+/m0/s1. The molecular weight excluding hydrogens is 318 g/mol. The number of hydrogen-bond donors (Lipinski definition) is 1. The Labute approximate surface area is 149 Å². The fourth-order valence-electron chi connectivity index (χ4n) is 4.90. The molecule has 1 aromatic rings. The predicted octanol–water partition coefficient (Wildman–Crippen LogP) is 1.79. The van der Waals surface area contributed by atoms with Gasteiger partial charge in [-0.3, -0.25) is 14.7 Å². The van der Waals surface area contributed by atoms with E-state index in [1.165, 1.54) is 6.42 Å². The van der Waals surface area contributed by atoms with E-state index in [9.17, 15) is 4.79 Å². The number of carbonyl (C=O) groups is 1. The van der Waals surface area contributed by atoms with Gasteiger partial charge in [-0.1, -0.05) is 6.42 Å². The van der Waals surface area contributed by atoms with Crippen molar-refractivity contribution < 1.29 is 14.3 Å². The number of aromatic nitrogens is 1. The summed E-state index contributed by atoms with van der Waals surface area (Å²) in [6, 6.07) is 4.20. The first-order chi connectivity index (χ1) is 12.0. The van der Waals surface area contributed by atoms with Crippen LogP contribution < -0.4 is 5.73 Å². The molecular formula is C19H29N3O3. The molecule has 1 aromatic heterocycles. The van der Waals surface area contributed by atoms with Gasteiger partial charge in [0.1, 0.15) is 11.3 Å². The number of primary amides is 1. The first kappa shape index (κ1) is 18.3. The number of nitrogens with two attached hydrogens (primary N) is 1. The van der Waals surface area contributed by atoms with Crippen LogP contribution in [0, 0.1) is 11.8 Å². The van der Waals surface area contributed by atoms with E-state index in [4.69, 9.17) is 15.2 Å². The molecule has 2 aliphatic rings. The summed E-state index contributed by atoms with van der Waals surface area (Å²) < 4.78 is 11.6. The van der Waals surface area contributed by atoms with Gasteiger partial charge in [-0.05, 0) is 37.5 Å². The summed E-state index contributed by atoms with van der Waals surface area (Å²) in [5.74, 6) is 0.268. The van der Waals surface area contributed by atoms with Gasteiger partial charge >= 0.3 is 0 Å². The van der Waals surface area contributed by atoms with Crippen molar-refractivity contribution >= 4 is 5.91 Å². The van der Waals surface area contributed by atoms with E-state index in [0.717, 1.165) is 38.1 Å². The lowest BCUT2D eigenvalue weighted by Gasteiger charge is -2.56. The third-order valence-electron chi connectivity index (χ3n) is 6.06. The average Bonchev–Trinajstić information content (AvgIpc) is 2.60. The van der Waals surface area contributed by atoms with E-state index in [2.05, 4.69) is 16.8 Å². The molecule has 138 valence electrons. The van der Waals surface area contributed by atoms with Crippen molar-refractivity contribution in [3.05, 3.63) is 29.6 Å². The lowest BCUT2D eigenvalue weighted by Crippen LogP contribution is -2.61. The monoisotopic (exact) mass is 347 g/mol. The number of likely N-dealkylation sites (tertiary alicyclic amines) is 1. The summed E-state index contributed by atoms with van der Waals surface area (Å²) in [6.45, 7) is 4.91. The van der Waals surface area contributed by atoms with Crippen LogP contribution in [-0.2, 0) is 15.1 Å². The largest absolute Gasteiger partial charge is 0.383 e. The first-order valence-electron chi connectivity index (χ1n) is 9.07. The van der Waals surface area contributed by atoms with Crippen LogP contribution in [0.4, 0.5) is 0 Å². The quantitative estimate of drug-likeness (QED) is 0.849. The highest BCUT2D eigenvalue weighted by Crippen LogP contribution is 2.51. The van der Waals surface area contributed by atoms with E-state index in [-0.39, 0.29) is 5.60 Å². The van der Waals surface area contributed by atoms with E-state index >= 15 is 0 Å². The molecule has 0 aromatic carbocycles. The van der Waals surface area contributed by atoms with Gasteiger partial charge in [0.05, 0.1) is 6.61 Å². The van der Waals surface area contributed by atoms with Crippen molar-refractivity contribution in [2.24, 2.45) is 17.6 Å². The number of carbonyl (C=O) groups excluding carboxylic acids is 1. The van der Waals surface area contributed by atoms with Gasteiger partial charge in [-0.25, -0.2) is 0 Å². The zero-order valence-electron chi connectivity index (χ0n) is 15.4. The lowest BCUT2D eigenvalue weighted by molar-refractivity contribution is -0.175. The summed E-state index contributed by atoms with van der Waals surface area (Å²) in [7, 11) is 3.55. The molecule has 0 unspecified atom stereocenters. The number of rotatable bonds is 6. The number of amides is 1. The van der Waals surface area contributed by atoms with Crippen molar-refractivity contribution in [3.63, 3.8) is 0 Å². The number of fused-ring (bicyclic) bond motifs is 2. The molecule has 6 heteroatoms. The topological polar surface area (TPSA) is 77.7 Å². The van der Waals surface area contributed by atoms with Crippen LogP contribution in [0.2, 0.25) is 0 Å². The molecule has 3 rings (SSSR count). The molecule has 4 atom stereocenters. The maximum Gasteiger partial charge on any atom is 0.267 e. The summed E-state index contributed by atoms with van der Waals surface area (Å²) in [4.78, 5) is 18.2. The zero-order valence-corrected chi connectivity index (χ0v) is 15.4. The van der Waals surface area contributed by atoms with E-state index < -0.39 is 5.91 Å². The van der Waals surface area contributed by atoms with Gasteiger partial charge in [0.15, 0.2) is 0 Å². The van der Waals surface area contributed by atoms with Crippen LogP contribution in [-0.4, -0.2) is 55.7 Å². The fraction of sp³-hybridized carbons (Fsp3) is 0.684. The van der Waals surface area contributed by atoms with Crippen LogP contribution in [0.3, 0.4) is 0 Å². The van der Waals surface area contributed by atoms with Crippen LogP contribution in [0.5, 0.6) is 0 Å². The van der Waals surface area contributed by atoms with E-state index in [0.29, 0.717) is 23.6 Å². The third kappa shape index (κ3) is 3.18. The minimum Gasteiger partial charge on any atom is -0.383 e. The van der Waals surface area contributed by atoms with E-state index in [1.54, 1.807) is 20.4 Å². The molecule has 2 heterocycles. The number of piperidine rings is 1. The second-order valence-corrected chi connectivity index (χ2v) is 7.37. The molecule has 25 heavy (non-hydrogen) atoms. The number of hydrogen-bond acceptors (Lipinski definition) is 5. The number of methoxy groups -OCH3 is 2. The van der Waals surface area contributed by atoms with Gasteiger partial charge in [-0.2, -0.15) is 0 Å². The minimum atomic E-state index is -0.496. The Bertz CT molecular complexity index is 608. The zero-order chi connectivity index (χ0) is 18.0. The van der Waals surface area contributed by atoms with Gasteiger partial charge < -0.3 is 15.2 Å². The van der Waals surface area contributed by atoms with E-state index in [1.807, 2.05) is 12.1 Å². The molecule has 1 aliphatic carbocycles. The summed E-state index contributed by atoms with van der Waals surface area (Å²) in [5, 5.41) is 0. The highest BCUT2D eigenvalue weighted by molar-refractivity contribution is 5.90. The molecule has 0 radical (unpaired) electrons. The van der Waals surface area contributed by atoms with Crippen molar-refractivity contribution in [1.82, 2.24) is 9.88 Å². The van der Waals surface area contributed by atoms with Crippen LogP contribution in [0.15, 0.2) is 18.3 Å². The maximum atomic E-state index is 11.6. The Hall–Kier alpha value is -1.50. The molecule has 2 bridgehead atoms. The van der Waals surface area contributed by atoms with Gasteiger partial charge in [-0.15, -0.1) is 0 Å². The summed E-state index contributed by atoms with van der Waals surface area (Å²) >= 11 is 0. The van der Waals surface area contributed by atoms with Crippen molar-refractivity contribution in [2.75, 3.05) is 33.9 Å². The summed E-state index contributed by atoms with van der Waals surface area (Å²) in [6.07, 6.45) is 5.14. The normalized spacial score (nSPS) is 30.8. The highest BCUT2D eigenvalue weighted by Gasteiger charge is 2.53. The Balaban J connectivity index is 1.96. The SMILES string of the molecule is COC[C@H](C)N1C[C@H]2CCC[C@@H](C1)[C@]2(OC)c1ccnc(C(N)=O)c1. The highest BCUT2D eigenvalue weighted by atomic mass is 16.5. The Kier molecular flexibility index (Phi) is 5.41. The smallest absolute Gasteiger partial charge is 0.267 e. The van der Waals surface area contributed by atoms with Crippen LogP contribution >= 0.6 is 0 Å². The van der Waals surface area contributed by atoms with Gasteiger partial charge in [0.2, 0.25) is 0 Å². The van der Waals surface area contributed by atoms with Crippen molar-refractivity contribution in [2.45, 2.75) is 37.8 Å². The molecule has 1 aliphatic heterocycles. The van der Waals surface area contributed by atoms with Gasteiger partial charge in [0, 0.05) is 51.4 Å². The molecule has 6 nitrogen and oxygen atoms in total. The second-order valence-electron chi connectivity index (χ2n) is 7.37. The third-order valence-corrected chi connectivity index (χ3v) is 6.06. The molecule has 2 N–H and O–H groups in total. The minimum absolute atomic E-state index is 0.308. The number of pyridine rings is 1. The van der Waals surface area contributed by atoms with Crippen LogP contribution in [0.1, 0.15) is 42.2 Å². The molecule has 2 fully saturated rings. The number of ether oxygens (including phenoxy) is 2. The molecule has 0 spiro atoms. The molecule has 1 saturated carbocycles. The maximum absolute atomic E-state index is 11.6. The Morgan fingerprint density at radius 2 is 2.08 bits per heavy atom. The van der Waals surface area contributed by atoms with Crippen LogP contribution in [0.25, 0.3) is 0 Å². The number of nitrogens with zero attached hydrogens (tertiary/aromatic N) is 2. The Morgan fingerprint density at radius 1 is 1.40 bits per heavy atom. The van der Waals surface area contributed by atoms with Crippen molar-refractivity contribution in [3.8, 4) is 0 Å². The summed E-state index contributed by atoms with van der Waals surface area (Å²) in [5.41, 5.74) is 6.42. The van der Waals surface area contributed by atoms with Crippen molar-refractivity contribution in [1.29, 1.82) is 0 Å². The van der Waals surface area contributed by atoms with Gasteiger partial charge in [0.25, 0.3) is 5.91 Å². The lowest BCUT2D eigenvalue weighted by atomic mass is 9.62. The fourth-order valence-corrected chi connectivity index (χ4v) is 4.90. The predicted molar refractivity (Wildman–Crippen MR) is 95.2 cm³/mol. The molecule has 1 saturated heterocycles. The average molecular weight is 347 g/mol.